The number of hydrogen-bond donors (Lipinski definition) is 2. The van der Waals surface area contributed by atoms with Crippen molar-refractivity contribution in [3.05, 3.63) is 64.5 Å². The molecule has 0 radical (unpaired) electrons. The largest absolute Gasteiger partial charge is 0.350 e. The van der Waals surface area contributed by atoms with Crippen LogP contribution in [0.4, 0.5) is 0 Å². The molecule has 2 aromatic heterocycles. The van der Waals surface area contributed by atoms with Gasteiger partial charge in [-0.25, -0.2) is 5.43 Å². The van der Waals surface area contributed by atoms with Gasteiger partial charge in [0, 0.05) is 33.3 Å². The molecule has 2 N–H and O–H groups in total. The van der Waals surface area contributed by atoms with Gasteiger partial charge in [-0.15, -0.1) is 0 Å². The summed E-state index contributed by atoms with van der Waals surface area (Å²) in [6, 6.07) is 11.2. The highest BCUT2D eigenvalue weighted by atomic mass is 79.9. The first-order valence-corrected chi connectivity index (χ1v) is 7.03. The van der Waals surface area contributed by atoms with Gasteiger partial charge in [0.15, 0.2) is 0 Å². The van der Waals surface area contributed by atoms with E-state index in [1.54, 1.807) is 30.7 Å². The van der Waals surface area contributed by atoms with Crippen LogP contribution in [0.1, 0.15) is 16.1 Å². The minimum atomic E-state index is -0.289. The van der Waals surface area contributed by atoms with Crippen molar-refractivity contribution in [1.29, 1.82) is 0 Å². The van der Waals surface area contributed by atoms with Crippen LogP contribution >= 0.6 is 15.9 Å². The number of hydrazone groups is 1. The van der Waals surface area contributed by atoms with E-state index in [4.69, 9.17) is 0 Å². The van der Waals surface area contributed by atoms with Crippen molar-refractivity contribution in [2.75, 3.05) is 0 Å². The van der Waals surface area contributed by atoms with Crippen LogP contribution in [0.25, 0.3) is 10.9 Å². The van der Waals surface area contributed by atoms with E-state index in [0.29, 0.717) is 5.69 Å². The summed E-state index contributed by atoms with van der Waals surface area (Å²) in [5, 5.41) is 4.88. The zero-order valence-electron chi connectivity index (χ0n) is 10.9. The van der Waals surface area contributed by atoms with Crippen molar-refractivity contribution in [2.24, 2.45) is 5.10 Å². The average molecular weight is 343 g/mol. The van der Waals surface area contributed by atoms with Gasteiger partial charge in [0.2, 0.25) is 0 Å². The number of carbonyl (C=O) groups excluding carboxylic acids is 1. The molecule has 0 spiro atoms. The van der Waals surface area contributed by atoms with Crippen LogP contribution < -0.4 is 5.43 Å². The molecule has 5 nitrogen and oxygen atoms in total. The molecule has 3 aromatic rings. The zero-order valence-corrected chi connectivity index (χ0v) is 12.5. The van der Waals surface area contributed by atoms with Gasteiger partial charge in [-0.05, 0) is 30.3 Å². The summed E-state index contributed by atoms with van der Waals surface area (Å²) in [6.07, 6.45) is 4.89. The number of nitrogens with zero attached hydrogens (tertiary/aromatic N) is 2. The number of amides is 1. The Hall–Kier alpha value is -2.47. The topological polar surface area (TPSA) is 70.1 Å². The highest BCUT2D eigenvalue weighted by molar-refractivity contribution is 9.10. The molecule has 2 heterocycles. The maximum Gasteiger partial charge on any atom is 0.287 e. The Kier molecular flexibility index (Phi) is 3.79. The Balaban J connectivity index is 1.73. The normalized spacial score (nSPS) is 11.1. The predicted octanol–water partition coefficient (Wildman–Crippen LogP) is 3.09. The van der Waals surface area contributed by atoms with Crippen LogP contribution in [0.15, 0.2) is 58.4 Å². The second-order valence-electron chi connectivity index (χ2n) is 4.40. The number of halogens is 1. The fraction of sp³-hybridized carbons (Fsp3) is 0. The Morgan fingerprint density at radius 3 is 3.05 bits per heavy atom. The van der Waals surface area contributed by atoms with Crippen molar-refractivity contribution in [3.63, 3.8) is 0 Å². The van der Waals surface area contributed by atoms with E-state index in [1.807, 2.05) is 24.3 Å². The molecule has 0 bridgehead atoms. The van der Waals surface area contributed by atoms with Crippen LogP contribution in [0.2, 0.25) is 0 Å². The molecule has 0 saturated carbocycles. The van der Waals surface area contributed by atoms with Crippen molar-refractivity contribution >= 4 is 39.0 Å². The Labute approximate surface area is 129 Å². The number of carbonyl (C=O) groups is 1. The van der Waals surface area contributed by atoms with Crippen LogP contribution in [-0.4, -0.2) is 22.1 Å². The minimum Gasteiger partial charge on any atom is -0.350 e. The number of benzene rings is 1. The molecule has 0 fully saturated rings. The van der Waals surface area contributed by atoms with Crippen LogP contribution in [0.3, 0.4) is 0 Å². The number of aromatic nitrogens is 2. The van der Waals surface area contributed by atoms with Crippen LogP contribution in [-0.2, 0) is 0 Å². The SMILES string of the molecule is O=C(N/N=C\c1cccnc1)c1cc2cc(Br)ccc2[nH]1. The highest BCUT2D eigenvalue weighted by Crippen LogP contribution is 2.20. The summed E-state index contributed by atoms with van der Waals surface area (Å²) >= 11 is 3.40. The molecule has 0 aliphatic rings. The predicted molar refractivity (Wildman–Crippen MR) is 85.3 cm³/mol. The van der Waals surface area contributed by atoms with E-state index < -0.39 is 0 Å². The molecule has 104 valence electrons. The Morgan fingerprint density at radius 1 is 1.33 bits per heavy atom. The number of pyridine rings is 1. The molecule has 0 aliphatic carbocycles. The molecule has 21 heavy (non-hydrogen) atoms. The van der Waals surface area contributed by atoms with E-state index in [2.05, 4.69) is 36.4 Å². The molecular formula is C15H11BrN4O. The first-order valence-electron chi connectivity index (χ1n) is 6.24. The fourth-order valence-corrected chi connectivity index (χ4v) is 2.28. The molecular weight excluding hydrogens is 332 g/mol. The van der Waals surface area contributed by atoms with Crippen LogP contribution in [0, 0.1) is 0 Å². The lowest BCUT2D eigenvalue weighted by molar-refractivity contribution is 0.0951. The van der Waals surface area contributed by atoms with Gasteiger partial charge in [-0.1, -0.05) is 22.0 Å². The summed E-state index contributed by atoms with van der Waals surface area (Å²) in [5.41, 5.74) is 4.67. The van der Waals surface area contributed by atoms with Gasteiger partial charge in [-0.2, -0.15) is 5.10 Å². The maximum atomic E-state index is 12.0. The third-order valence-corrected chi connectivity index (χ3v) is 3.38. The summed E-state index contributed by atoms with van der Waals surface area (Å²) in [6.45, 7) is 0. The van der Waals surface area contributed by atoms with Crippen molar-refractivity contribution in [2.45, 2.75) is 0 Å². The molecule has 0 unspecified atom stereocenters. The molecule has 0 saturated heterocycles. The summed E-state index contributed by atoms with van der Waals surface area (Å²) in [7, 11) is 0. The molecule has 0 atom stereocenters. The lowest BCUT2D eigenvalue weighted by Crippen LogP contribution is -2.17. The van der Waals surface area contributed by atoms with Gasteiger partial charge >= 0.3 is 0 Å². The van der Waals surface area contributed by atoms with Crippen LogP contribution in [0.5, 0.6) is 0 Å². The second-order valence-corrected chi connectivity index (χ2v) is 5.32. The number of H-pyrrole nitrogens is 1. The van der Waals surface area contributed by atoms with E-state index >= 15 is 0 Å². The maximum absolute atomic E-state index is 12.0. The van der Waals surface area contributed by atoms with Crippen molar-refractivity contribution in [3.8, 4) is 0 Å². The van der Waals surface area contributed by atoms with E-state index in [0.717, 1.165) is 20.9 Å². The van der Waals surface area contributed by atoms with E-state index in [9.17, 15) is 4.79 Å². The third-order valence-electron chi connectivity index (χ3n) is 2.89. The van der Waals surface area contributed by atoms with E-state index in [1.165, 1.54) is 0 Å². The summed E-state index contributed by atoms with van der Waals surface area (Å²) in [4.78, 5) is 19.0. The summed E-state index contributed by atoms with van der Waals surface area (Å²) in [5.74, 6) is -0.289. The van der Waals surface area contributed by atoms with E-state index in [-0.39, 0.29) is 5.91 Å². The monoisotopic (exact) mass is 342 g/mol. The number of rotatable bonds is 3. The first-order chi connectivity index (χ1) is 10.2. The molecule has 1 amide bonds. The zero-order chi connectivity index (χ0) is 14.7. The number of hydrogen-bond acceptors (Lipinski definition) is 3. The molecule has 1 aromatic carbocycles. The second kappa shape index (κ2) is 5.88. The standard InChI is InChI=1S/C15H11BrN4O/c16-12-3-4-13-11(6-12)7-14(19-13)15(21)20-18-9-10-2-1-5-17-8-10/h1-9,19H,(H,20,21)/b18-9-. The lowest BCUT2D eigenvalue weighted by Gasteiger charge is -1.95. The fourth-order valence-electron chi connectivity index (χ4n) is 1.90. The van der Waals surface area contributed by atoms with Crippen molar-refractivity contribution < 1.29 is 4.79 Å². The van der Waals surface area contributed by atoms with Gasteiger partial charge in [0.05, 0.1) is 6.21 Å². The van der Waals surface area contributed by atoms with Gasteiger partial charge in [-0.3, -0.25) is 9.78 Å². The first kappa shape index (κ1) is 13.5. The van der Waals surface area contributed by atoms with Gasteiger partial charge < -0.3 is 4.98 Å². The molecule has 3 rings (SSSR count). The minimum absolute atomic E-state index is 0.289. The average Bonchev–Trinajstić information content (AvgIpc) is 2.91. The lowest BCUT2D eigenvalue weighted by atomic mass is 10.2. The van der Waals surface area contributed by atoms with Gasteiger partial charge in [0.25, 0.3) is 5.91 Å². The quantitative estimate of drug-likeness (QED) is 0.567. The molecule has 0 aliphatic heterocycles. The number of fused-ring (bicyclic) bond motifs is 1. The highest BCUT2D eigenvalue weighted by Gasteiger charge is 2.08. The number of nitrogens with one attached hydrogen (secondary N) is 2. The summed E-state index contributed by atoms with van der Waals surface area (Å²) < 4.78 is 0.968. The number of aromatic amines is 1. The van der Waals surface area contributed by atoms with Gasteiger partial charge in [0.1, 0.15) is 5.69 Å². The third kappa shape index (κ3) is 3.17. The molecule has 6 heteroatoms. The Morgan fingerprint density at radius 2 is 2.24 bits per heavy atom. The Bertz CT molecular complexity index is 811. The smallest absolute Gasteiger partial charge is 0.287 e. The van der Waals surface area contributed by atoms with Crippen molar-refractivity contribution in [1.82, 2.24) is 15.4 Å².